The Balaban J connectivity index is 1.94. The average Bonchev–Trinajstić information content (AvgIpc) is 2.67. The fraction of sp³-hybridized carbons (Fsp3) is 0.130. The summed E-state index contributed by atoms with van der Waals surface area (Å²) in [4.78, 5) is 0. The number of ether oxygens (including phenoxy) is 1. The van der Waals surface area contributed by atoms with Crippen LogP contribution in [-0.4, -0.2) is 6.61 Å². The van der Waals surface area contributed by atoms with Crippen molar-refractivity contribution in [1.82, 2.24) is 0 Å². The van der Waals surface area contributed by atoms with Crippen molar-refractivity contribution in [3.63, 3.8) is 0 Å². The molecular weight excluding hydrogens is 349 g/mol. The van der Waals surface area contributed by atoms with E-state index in [1.165, 1.54) is 23.8 Å². The van der Waals surface area contributed by atoms with Crippen LogP contribution in [0.5, 0.6) is 5.75 Å². The van der Waals surface area contributed by atoms with Crippen molar-refractivity contribution in [2.24, 2.45) is 0 Å². The zero-order valence-corrected chi connectivity index (χ0v) is 14.9. The Morgan fingerprint density at radius 2 is 1.41 bits per heavy atom. The maximum atomic E-state index is 14.6. The largest absolute Gasteiger partial charge is 0.483 e. The molecule has 0 bridgehead atoms. The summed E-state index contributed by atoms with van der Waals surface area (Å²) in [6.07, 6.45) is 2.31. The van der Waals surface area contributed by atoms with E-state index in [9.17, 15) is 13.2 Å². The van der Waals surface area contributed by atoms with Gasteiger partial charge in [-0.05, 0) is 46.9 Å². The lowest BCUT2D eigenvalue weighted by molar-refractivity contribution is 0.321. The molecule has 0 aliphatic rings. The van der Waals surface area contributed by atoms with Crippen molar-refractivity contribution in [2.75, 3.05) is 6.61 Å². The number of halogens is 3. The summed E-state index contributed by atoms with van der Waals surface area (Å²) >= 11 is 0. The Morgan fingerprint density at radius 3 is 1.96 bits per heavy atom. The highest BCUT2D eigenvalue weighted by Crippen LogP contribution is 2.32. The average molecular weight is 368 g/mol. The second-order valence-electron chi connectivity index (χ2n) is 6.11. The minimum Gasteiger partial charge on any atom is -0.483 e. The quantitative estimate of drug-likeness (QED) is 0.447. The first-order valence-electron chi connectivity index (χ1n) is 8.65. The predicted octanol–water partition coefficient (Wildman–Crippen LogP) is 6.57. The molecule has 0 heterocycles. The van der Waals surface area contributed by atoms with E-state index in [0.717, 1.165) is 24.1 Å². The minimum absolute atomic E-state index is 0.0208. The van der Waals surface area contributed by atoms with Crippen LogP contribution in [-0.2, 0) is 6.42 Å². The normalized spacial score (nSPS) is 10.7. The van der Waals surface area contributed by atoms with E-state index in [1.807, 2.05) is 24.3 Å². The van der Waals surface area contributed by atoms with Crippen LogP contribution < -0.4 is 4.74 Å². The predicted molar refractivity (Wildman–Crippen MR) is 102 cm³/mol. The van der Waals surface area contributed by atoms with Crippen LogP contribution in [0.3, 0.4) is 0 Å². The third-order valence-electron chi connectivity index (χ3n) is 4.32. The summed E-state index contributed by atoms with van der Waals surface area (Å²) in [6, 6.07) is 14.6. The Bertz CT molecular complexity index is 939. The van der Waals surface area contributed by atoms with Gasteiger partial charge in [-0.3, -0.25) is 0 Å². The van der Waals surface area contributed by atoms with Gasteiger partial charge in [0.2, 0.25) is 0 Å². The third kappa shape index (κ3) is 4.05. The van der Waals surface area contributed by atoms with Crippen LogP contribution >= 0.6 is 0 Å². The summed E-state index contributed by atoms with van der Waals surface area (Å²) in [6.45, 7) is 5.48. The second kappa shape index (κ2) is 8.12. The Kier molecular flexibility index (Phi) is 5.65. The number of benzene rings is 3. The van der Waals surface area contributed by atoms with Gasteiger partial charge in [0.1, 0.15) is 12.4 Å². The molecule has 3 rings (SSSR count). The van der Waals surface area contributed by atoms with Gasteiger partial charge in [0.15, 0.2) is 17.4 Å². The molecule has 27 heavy (non-hydrogen) atoms. The topological polar surface area (TPSA) is 9.23 Å². The molecule has 0 spiro atoms. The highest BCUT2D eigenvalue weighted by molar-refractivity contribution is 5.71. The molecule has 0 unspecified atom stereocenters. The van der Waals surface area contributed by atoms with Gasteiger partial charge in [-0.25, -0.2) is 13.2 Å². The van der Waals surface area contributed by atoms with Crippen molar-refractivity contribution in [3.05, 3.63) is 90.3 Å². The zero-order chi connectivity index (χ0) is 19.4. The van der Waals surface area contributed by atoms with E-state index in [2.05, 4.69) is 13.5 Å². The Labute approximate surface area is 156 Å². The molecule has 0 atom stereocenters. The van der Waals surface area contributed by atoms with Gasteiger partial charge >= 0.3 is 0 Å². The van der Waals surface area contributed by atoms with E-state index in [0.29, 0.717) is 5.56 Å². The first-order valence-corrected chi connectivity index (χ1v) is 8.65. The lowest BCUT2D eigenvalue weighted by Gasteiger charge is -2.11. The fourth-order valence-electron chi connectivity index (χ4n) is 2.86. The molecule has 0 N–H and O–H groups in total. The van der Waals surface area contributed by atoms with E-state index in [4.69, 9.17) is 4.74 Å². The van der Waals surface area contributed by atoms with Gasteiger partial charge < -0.3 is 4.74 Å². The number of hydrogen-bond acceptors (Lipinski definition) is 1. The van der Waals surface area contributed by atoms with Crippen molar-refractivity contribution in [3.8, 4) is 28.0 Å². The number of rotatable bonds is 6. The lowest BCUT2D eigenvalue weighted by Crippen LogP contribution is -1.99. The van der Waals surface area contributed by atoms with Gasteiger partial charge in [-0.1, -0.05) is 56.0 Å². The highest BCUT2D eigenvalue weighted by atomic mass is 19.1. The Hall–Kier alpha value is -3.01. The third-order valence-corrected chi connectivity index (χ3v) is 4.32. The maximum Gasteiger partial charge on any atom is 0.191 e. The SMILES string of the molecule is C=CCOc1c(F)cc(-c2ccc(-c3ccc(CC)cc3)cc2F)cc1F. The standard InChI is InChI=1S/C23H19F3O/c1-3-11-27-23-21(25)13-18(14-22(23)26)19-10-9-17(12-20(19)24)16-7-5-15(4-2)6-8-16/h3,5-10,12-14H,1,4,11H2,2H3. The smallest absolute Gasteiger partial charge is 0.191 e. The molecule has 0 aliphatic heterocycles. The summed E-state index contributed by atoms with van der Waals surface area (Å²) in [5.41, 5.74) is 3.01. The van der Waals surface area contributed by atoms with Crippen molar-refractivity contribution >= 4 is 0 Å². The number of hydrogen-bond donors (Lipinski definition) is 0. The highest BCUT2D eigenvalue weighted by Gasteiger charge is 2.16. The molecule has 0 saturated carbocycles. The fourth-order valence-corrected chi connectivity index (χ4v) is 2.86. The van der Waals surface area contributed by atoms with Gasteiger partial charge in [0.05, 0.1) is 0 Å². The molecule has 3 aromatic carbocycles. The maximum absolute atomic E-state index is 14.6. The van der Waals surface area contributed by atoms with Crippen molar-refractivity contribution in [2.45, 2.75) is 13.3 Å². The first kappa shape index (κ1) is 18.8. The molecule has 0 amide bonds. The first-order chi connectivity index (χ1) is 13.0. The molecule has 3 aromatic rings. The van der Waals surface area contributed by atoms with Crippen molar-refractivity contribution < 1.29 is 17.9 Å². The van der Waals surface area contributed by atoms with Gasteiger partial charge in [-0.2, -0.15) is 0 Å². The van der Waals surface area contributed by atoms with Crippen LogP contribution in [0, 0.1) is 17.5 Å². The molecule has 0 radical (unpaired) electrons. The van der Waals surface area contributed by atoms with Gasteiger partial charge in [0, 0.05) is 5.56 Å². The minimum atomic E-state index is -0.884. The van der Waals surface area contributed by atoms with Gasteiger partial charge in [0.25, 0.3) is 0 Å². The van der Waals surface area contributed by atoms with Crippen molar-refractivity contribution in [1.29, 1.82) is 0 Å². The molecule has 0 saturated heterocycles. The summed E-state index contributed by atoms with van der Waals surface area (Å²) in [7, 11) is 0. The lowest BCUT2D eigenvalue weighted by atomic mass is 9.98. The van der Waals surface area contributed by atoms with Crippen LogP contribution in [0.1, 0.15) is 12.5 Å². The summed E-state index contributed by atoms with van der Waals surface area (Å²) < 4.78 is 47.9. The summed E-state index contributed by atoms with van der Waals surface area (Å²) in [5.74, 6) is -2.81. The van der Waals surface area contributed by atoms with Crippen LogP contribution in [0.4, 0.5) is 13.2 Å². The molecule has 0 aromatic heterocycles. The molecule has 1 nitrogen and oxygen atoms in total. The van der Waals surface area contributed by atoms with Crippen LogP contribution in [0.25, 0.3) is 22.3 Å². The molecule has 138 valence electrons. The van der Waals surface area contributed by atoms with E-state index >= 15 is 0 Å². The monoisotopic (exact) mass is 368 g/mol. The molecule has 0 fully saturated rings. The Morgan fingerprint density at radius 1 is 0.815 bits per heavy atom. The van der Waals surface area contributed by atoms with Crippen LogP contribution in [0.15, 0.2) is 67.3 Å². The zero-order valence-electron chi connectivity index (χ0n) is 14.9. The van der Waals surface area contributed by atoms with Crippen LogP contribution in [0.2, 0.25) is 0 Å². The summed E-state index contributed by atoms with van der Waals surface area (Å²) in [5, 5.41) is 0. The number of aryl methyl sites for hydroxylation is 1. The molecule has 0 aliphatic carbocycles. The van der Waals surface area contributed by atoms with E-state index in [-0.39, 0.29) is 17.7 Å². The van der Waals surface area contributed by atoms with E-state index in [1.54, 1.807) is 6.07 Å². The second-order valence-corrected chi connectivity index (χ2v) is 6.11. The van der Waals surface area contributed by atoms with E-state index < -0.39 is 23.2 Å². The molecule has 4 heteroatoms. The van der Waals surface area contributed by atoms with Gasteiger partial charge in [-0.15, -0.1) is 0 Å². The molecular formula is C23H19F3O.